The SMILES string of the molecule is C=C(CC(=O)OC)NC(=O)c1ncn2cccc(Cc3ccc(C(F)(F)F)cc3)c12. The van der Waals surface area contributed by atoms with E-state index >= 15 is 0 Å². The van der Waals surface area contributed by atoms with Gasteiger partial charge in [-0.1, -0.05) is 24.8 Å². The van der Waals surface area contributed by atoms with Crippen LogP contribution in [0.15, 0.2) is 61.2 Å². The van der Waals surface area contributed by atoms with Gasteiger partial charge in [-0.3, -0.25) is 9.59 Å². The van der Waals surface area contributed by atoms with Crippen LogP contribution in [0.1, 0.15) is 33.6 Å². The van der Waals surface area contributed by atoms with E-state index in [1.165, 1.54) is 25.6 Å². The summed E-state index contributed by atoms with van der Waals surface area (Å²) in [7, 11) is 1.23. The van der Waals surface area contributed by atoms with Gasteiger partial charge in [0.2, 0.25) is 0 Å². The van der Waals surface area contributed by atoms with Crippen LogP contribution in [0.5, 0.6) is 0 Å². The number of halogens is 3. The standard InChI is InChI=1S/C21H18F3N3O3/c1-13(10-17(28)30-2)26-20(29)18-19-15(4-3-9-27(19)12-25-18)11-14-5-7-16(8-6-14)21(22,23)24/h3-9,12H,1,10-11H2,2H3,(H,26,29). The average Bonchev–Trinajstić information content (AvgIpc) is 3.13. The second-order valence-corrected chi connectivity index (χ2v) is 6.56. The van der Waals surface area contributed by atoms with Gasteiger partial charge in [0.15, 0.2) is 5.69 Å². The molecule has 1 aromatic carbocycles. The van der Waals surface area contributed by atoms with E-state index in [1.54, 1.807) is 22.7 Å². The first-order chi connectivity index (χ1) is 14.2. The van der Waals surface area contributed by atoms with E-state index < -0.39 is 23.6 Å². The predicted molar refractivity (Wildman–Crippen MR) is 103 cm³/mol. The fourth-order valence-electron chi connectivity index (χ4n) is 2.97. The molecule has 0 fully saturated rings. The number of carbonyl (C=O) groups excluding carboxylic acids is 2. The Morgan fingerprint density at radius 1 is 1.20 bits per heavy atom. The molecular formula is C21H18F3N3O3. The third-order valence-electron chi connectivity index (χ3n) is 4.41. The van der Waals surface area contributed by atoms with Gasteiger partial charge in [-0.25, -0.2) is 4.98 Å². The summed E-state index contributed by atoms with van der Waals surface area (Å²) in [6.45, 7) is 3.63. The highest BCUT2D eigenvalue weighted by Gasteiger charge is 2.30. The summed E-state index contributed by atoms with van der Waals surface area (Å²) in [6, 6.07) is 8.38. The van der Waals surface area contributed by atoms with Gasteiger partial charge in [-0.15, -0.1) is 0 Å². The normalized spacial score (nSPS) is 11.3. The van der Waals surface area contributed by atoms with Crippen molar-refractivity contribution in [2.24, 2.45) is 0 Å². The molecule has 0 aliphatic rings. The summed E-state index contributed by atoms with van der Waals surface area (Å²) >= 11 is 0. The number of esters is 1. The lowest BCUT2D eigenvalue weighted by Gasteiger charge is -2.10. The number of carbonyl (C=O) groups is 2. The molecule has 6 nitrogen and oxygen atoms in total. The van der Waals surface area contributed by atoms with Crippen molar-refractivity contribution in [3.8, 4) is 0 Å². The molecule has 30 heavy (non-hydrogen) atoms. The lowest BCUT2D eigenvalue weighted by atomic mass is 10.0. The maximum absolute atomic E-state index is 12.8. The number of imidazole rings is 1. The van der Waals surface area contributed by atoms with Crippen molar-refractivity contribution < 1.29 is 27.5 Å². The molecule has 0 spiro atoms. The minimum absolute atomic E-state index is 0.114. The van der Waals surface area contributed by atoms with Crippen LogP contribution >= 0.6 is 0 Å². The Labute approximate surface area is 170 Å². The molecule has 3 rings (SSSR count). The van der Waals surface area contributed by atoms with Gasteiger partial charge in [0, 0.05) is 11.9 Å². The number of hydrogen-bond acceptors (Lipinski definition) is 4. The minimum atomic E-state index is -4.40. The number of alkyl halides is 3. The molecule has 156 valence electrons. The van der Waals surface area contributed by atoms with Gasteiger partial charge < -0.3 is 14.5 Å². The molecule has 0 atom stereocenters. The van der Waals surface area contributed by atoms with Crippen molar-refractivity contribution in [3.63, 3.8) is 0 Å². The molecule has 0 saturated heterocycles. The predicted octanol–water partition coefficient (Wildman–Crippen LogP) is 3.75. The number of benzene rings is 1. The van der Waals surface area contributed by atoms with Crippen molar-refractivity contribution in [3.05, 3.63) is 83.6 Å². The maximum atomic E-state index is 12.8. The molecule has 2 heterocycles. The zero-order valence-electron chi connectivity index (χ0n) is 16.0. The number of nitrogens with zero attached hydrogens (tertiary/aromatic N) is 2. The molecule has 3 aromatic rings. The third-order valence-corrected chi connectivity index (χ3v) is 4.41. The van der Waals surface area contributed by atoms with Crippen molar-refractivity contribution in [2.45, 2.75) is 19.0 Å². The van der Waals surface area contributed by atoms with Gasteiger partial charge in [0.05, 0.1) is 24.6 Å². The quantitative estimate of drug-likeness (QED) is 0.620. The molecule has 0 unspecified atom stereocenters. The van der Waals surface area contributed by atoms with Crippen LogP contribution < -0.4 is 5.32 Å². The first kappa shape index (κ1) is 21.1. The minimum Gasteiger partial charge on any atom is -0.469 e. The average molecular weight is 417 g/mol. The molecule has 9 heteroatoms. The van der Waals surface area contributed by atoms with Crippen molar-refractivity contribution in [2.75, 3.05) is 7.11 Å². The number of rotatable bonds is 6. The molecule has 1 amide bonds. The van der Waals surface area contributed by atoms with Crippen LogP contribution in [0, 0.1) is 0 Å². The highest BCUT2D eigenvalue weighted by atomic mass is 19.4. The fourth-order valence-corrected chi connectivity index (χ4v) is 2.97. The topological polar surface area (TPSA) is 72.7 Å². The summed E-state index contributed by atoms with van der Waals surface area (Å²) in [6.07, 6.45) is -1.10. The van der Waals surface area contributed by atoms with Crippen LogP contribution in [0.4, 0.5) is 13.2 Å². The highest BCUT2D eigenvalue weighted by molar-refractivity contribution is 6.01. The van der Waals surface area contributed by atoms with E-state index in [-0.39, 0.29) is 17.8 Å². The summed E-state index contributed by atoms with van der Waals surface area (Å²) in [5, 5.41) is 2.52. The lowest BCUT2D eigenvalue weighted by Crippen LogP contribution is -2.24. The number of hydrogen-bond donors (Lipinski definition) is 1. The van der Waals surface area contributed by atoms with E-state index in [2.05, 4.69) is 21.6 Å². The van der Waals surface area contributed by atoms with Gasteiger partial charge in [-0.05, 0) is 35.7 Å². The van der Waals surface area contributed by atoms with Crippen molar-refractivity contribution in [1.29, 1.82) is 0 Å². The van der Waals surface area contributed by atoms with Gasteiger partial charge in [-0.2, -0.15) is 13.2 Å². The van der Waals surface area contributed by atoms with Crippen LogP contribution in [-0.4, -0.2) is 28.4 Å². The molecule has 2 aromatic heterocycles. The Bertz CT molecular complexity index is 1100. The Balaban J connectivity index is 1.86. The zero-order chi connectivity index (χ0) is 21.9. The zero-order valence-corrected chi connectivity index (χ0v) is 16.0. The maximum Gasteiger partial charge on any atom is 0.416 e. The lowest BCUT2D eigenvalue weighted by molar-refractivity contribution is -0.140. The second kappa shape index (κ2) is 8.40. The monoisotopic (exact) mass is 417 g/mol. The number of amides is 1. The van der Waals surface area contributed by atoms with Crippen LogP contribution in [0.2, 0.25) is 0 Å². The van der Waals surface area contributed by atoms with Gasteiger partial charge in [0.1, 0.15) is 6.33 Å². The number of fused-ring (bicyclic) bond motifs is 1. The van der Waals surface area contributed by atoms with Crippen molar-refractivity contribution >= 4 is 17.4 Å². The number of aromatic nitrogens is 2. The Hall–Kier alpha value is -3.62. The molecule has 0 radical (unpaired) electrons. The molecule has 0 aliphatic heterocycles. The molecule has 0 aliphatic carbocycles. The Morgan fingerprint density at radius 2 is 1.90 bits per heavy atom. The number of ether oxygens (including phenoxy) is 1. The van der Waals surface area contributed by atoms with Crippen molar-refractivity contribution in [1.82, 2.24) is 14.7 Å². The van der Waals surface area contributed by atoms with E-state index in [0.29, 0.717) is 23.1 Å². The van der Waals surface area contributed by atoms with E-state index in [4.69, 9.17) is 0 Å². The highest BCUT2D eigenvalue weighted by Crippen LogP contribution is 2.29. The van der Waals surface area contributed by atoms with E-state index in [1.807, 2.05) is 0 Å². The fraction of sp³-hybridized carbons (Fsp3) is 0.190. The van der Waals surface area contributed by atoms with Crippen LogP contribution in [0.3, 0.4) is 0 Å². The first-order valence-corrected chi connectivity index (χ1v) is 8.85. The molecule has 1 N–H and O–H groups in total. The molecule has 0 saturated carbocycles. The smallest absolute Gasteiger partial charge is 0.416 e. The summed E-state index contributed by atoms with van der Waals surface area (Å²) in [5.41, 5.74) is 1.42. The number of nitrogens with one attached hydrogen (secondary N) is 1. The summed E-state index contributed by atoms with van der Waals surface area (Å²) in [4.78, 5) is 28.1. The number of pyridine rings is 1. The van der Waals surface area contributed by atoms with Crippen LogP contribution in [-0.2, 0) is 22.1 Å². The molecular weight excluding hydrogens is 399 g/mol. The van der Waals surface area contributed by atoms with Crippen LogP contribution in [0.25, 0.3) is 5.52 Å². The number of methoxy groups -OCH3 is 1. The molecule has 0 bridgehead atoms. The summed E-state index contributed by atoms with van der Waals surface area (Å²) in [5.74, 6) is -1.09. The summed E-state index contributed by atoms with van der Waals surface area (Å²) < 4.78 is 44.5. The van der Waals surface area contributed by atoms with Gasteiger partial charge in [0.25, 0.3) is 5.91 Å². The first-order valence-electron chi connectivity index (χ1n) is 8.85. The third kappa shape index (κ3) is 4.68. The van der Waals surface area contributed by atoms with E-state index in [0.717, 1.165) is 12.1 Å². The van der Waals surface area contributed by atoms with Gasteiger partial charge >= 0.3 is 12.1 Å². The van der Waals surface area contributed by atoms with E-state index in [9.17, 15) is 22.8 Å². The Kier molecular flexibility index (Phi) is 5.91. The Morgan fingerprint density at radius 3 is 2.53 bits per heavy atom. The largest absolute Gasteiger partial charge is 0.469 e. The second-order valence-electron chi connectivity index (χ2n) is 6.56.